The van der Waals surface area contributed by atoms with Crippen molar-refractivity contribution >= 4 is 12.0 Å². The molecule has 1 aromatic carbocycles. The molecular formula is C14H16O3. The van der Waals surface area contributed by atoms with Crippen molar-refractivity contribution < 1.29 is 14.3 Å². The van der Waals surface area contributed by atoms with Gasteiger partial charge in [0.05, 0.1) is 13.2 Å². The van der Waals surface area contributed by atoms with E-state index in [1.807, 2.05) is 24.3 Å². The Kier molecular flexibility index (Phi) is 5.58. The Labute approximate surface area is 101 Å². The molecule has 1 rings (SSSR count). The molecule has 90 valence electrons. The average molecular weight is 232 g/mol. The zero-order valence-electron chi connectivity index (χ0n) is 9.72. The summed E-state index contributed by atoms with van der Waals surface area (Å²) in [6.45, 7) is 7.84. The first kappa shape index (κ1) is 13.0. The molecule has 0 heterocycles. The van der Waals surface area contributed by atoms with Gasteiger partial charge < -0.3 is 9.47 Å². The van der Waals surface area contributed by atoms with Gasteiger partial charge in [-0.15, -0.1) is 0 Å². The minimum atomic E-state index is -0.402. The lowest BCUT2D eigenvalue weighted by Crippen LogP contribution is -2.06. The first-order chi connectivity index (χ1) is 8.26. The molecule has 0 N–H and O–H groups in total. The lowest BCUT2D eigenvalue weighted by Gasteiger charge is -2.06. The zero-order valence-corrected chi connectivity index (χ0v) is 9.72. The van der Waals surface area contributed by atoms with Gasteiger partial charge in [-0.1, -0.05) is 31.4 Å². The van der Waals surface area contributed by atoms with Crippen LogP contribution in [0.3, 0.4) is 0 Å². The predicted octanol–water partition coefficient (Wildman–Crippen LogP) is 2.83. The molecule has 0 aromatic heterocycles. The number of rotatable bonds is 7. The van der Waals surface area contributed by atoms with Crippen molar-refractivity contribution in [3.63, 3.8) is 0 Å². The maximum absolute atomic E-state index is 10.7. The van der Waals surface area contributed by atoms with E-state index in [-0.39, 0.29) is 0 Å². The van der Waals surface area contributed by atoms with Crippen LogP contribution in [0.1, 0.15) is 12.0 Å². The number of ether oxygens (including phenoxy) is 2. The van der Waals surface area contributed by atoms with E-state index in [9.17, 15) is 4.79 Å². The number of hydrogen-bond acceptors (Lipinski definition) is 3. The van der Waals surface area contributed by atoms with E-state index in [1.165, 1.54) is 0 Å². The third kappa shape index (κ3) is 5.02. The lowest BCUT2D eigenvalue weighted by molar-refractivity contribution is -0.137. The van der Waals surface area contributed by atoms with Gasteiger partial charge in [0.2, 0.25) is 0 Å². The van der Waals surface area contributed by atoms with E-state index >= 15 is 0 Å². The summed E-state index contributed by atoms with van der Waals surface area (Å²) < 4.78 is 10.3. The van der Waals surface area contributed by atoms with E-state index in [0.29, 0.717) is 19.6 Å². The number of carbonyl (C=O) groups excluding carboxylic acids is 1. The van der Waals surface area contributed by atoms with Gasteiger partial charge in [0.15, 0.2) is 0 Å². The van der Waals surface area contributed by atoms with Crippen LogP contribution in [-0.4, -0.2) is 19.2 Å². The molecule has 3 nitrogen and oxygen atoms in total. The molecule has 0 radical (unpaired) electrons. The summed E-state index contributed by atoms with van der Waals surface area (Å²) in [6.07, 6.45) is 3.58. The lowest BCUT2D eigenvalue weighted by atomic mass is 10.2. The molecule has 0 saturated carbocycles. The first-order valence-electron chi connectivity index (χ1n) is 5.40. The summed E-state index contributed by atoms with van der Waals surface area (Å²) >= 11 is 0. The van der Waals surface area contributed by atoms with Crippen LogP contribution >= 0.6 is 0 Å². The molecule has 0 aliphatic carbocycles. The van der Waals surface area contributed by atoms with Crippen LogP contribution < -0.4 is 4.74 Å². The number of hydrogen-bond donors (Lipinski definition) is 0. The highest BCUT2D eigenvalue weighted by Gasteiger charge is 1.96. The van der Waals surface area contributed by atoms with Crippen molar-refractivity contribution in [1.82, 2.24) is 0 Å². The number of benzene rings is 1. The van der Waals surface area contributed by atoms with Crippen molar-refractivity contribution in [2.75, 3.05) is 13.2 Å². The highest BCUT2D eigenvalue weighted by atomic mass is 16.5. The van der Waals surface area contributed by atoms with E-state index in [1.54, 1.807) is 6.08 Å². The smallest absolute Gasteiger partial charge is 0.330 e. The van der Waals surface area contributed by atoms with E-state index in [0.717, 1.165) is 17.4 Å². The molecule has 17 heavy (non-hydrogen) atoms. The fourth-order valence-corrected chi connectivity index (χ4v) is 1.18. The van der Waals surface area contributed by atoms with Crippen LogP contribution in [-0.2, 0) is 9.53 Å². The highest BCUT2D eigenvalue weighted by Crippen LogP contribution is 2.12. The van der Waals surface area contributed by atoms with Crippen LogP contribution in [0.25, 0.3) is 6.08 Å². The third-order valence-electron chi connectivity index (χ3n) is 2.08. The fourth-order valence-electron chi connectivity index (χ4n) is 1.18. The van der Waals surface area contributed by atoms with Crippen molar-refractivity contribution in [2.45, 2.75) is 6.42 Å². The van der Waals surface area contributed by atoms with Gasteiger partial charge in [-0.25, -0.2) is 4.79 Å². The second kappa shape index (κ2) is 7.28. The van der Waals surface area contributed by atoms with Crippen LogP contribution in [0.15, 0.2) is 43.5 Å². The Morgan fingerprint density at radius 3 is 2.47 bits per heavy atom. The molecule has 0 saturated heterocycles. The molecule has 0 fully saturated rings. The van der Waals surface area contributed by atoms with Gasteiger partial charge in [0, 0.05) is 12.5 Å². The van der Waals surface area contributed by atoms with Gasteiger partial charge in [0.25, 0.3) is 0 Å². The van der Waals surface area contributed by atoms with E-state index < -0.39 is 5.97 Å². The molecule has 0 spiro atoms. The molecular weight excluding hydrogens is 216 g/mol. The van der Waals surface area contributed by atoms with Gasteiger partial charge in [-0.05, 0) is 17.7 Å². The van der Waals surface area contributed by atoms with Gasteiger partial charge in [-0.2, -0.15) is 0 Å². The first-order valence-corrected chi connectivity index (χ1v) is 5.40. The summed E-state index contributed by atoms with van der Waals surface area (Å²) in [5, 5.41) is 0. The molecule has 0 bridgehead atoms. The predicted molar refractivity (Wildman–Crippen MR) is 67.8 cm³/mol. The second-order valence-electron chi connectivity index (χ2n) is 3.35. The topological polar surface area (TPSA) is 35.5 Å². The standard InChI is InChI=1S/C14H16O3/c1-3-12-6-8-13(9-7-12)16-10-5-11-17-14(15)4-2/h3-4,6-9H,1-2,5,10-11H2. The number of esters is 1. The molecule has 0 aliphatic heterocycles. The Morgan fingerprint density at radius 1 is 1.18 bits per heavy atom. The van der Waals surface area contributed by atoms with Crippen molar-refractivity contribution in [3.05, 3.63) is 49.1 Å². The van der Waals surface area contributed by atoms with Crippen LogP contribution in [0.4, 0.5) is 0 Å². The third-order valence-corrected chi connectivity index (χ3v) is 2.08. The summed E-state index contributed by atoms with van der Waals surface area (Å²) in [5.74, 6) is 0.394. The van der Waals surface area contributed by atoms with Gasteiger partial charge in [-0.3, -0.25) is 0 Å². The maximum Gasteiger partial charge on any atom is 0.330 e. The summed E-state index contributed by atoms with van der Waals surface area (Å²) in [6, 6.07) is 7.62. The largest absolute Gasteiger partial charge is 0.493 e. The van der Waals surface area contributed by atoms with Gasteiger partial charge in [0.1, 0.15) is 5.75 Å². The maximum atomic E-state index is 10.7. The molecule has 0 atom stereocenters. The normalized spacial score (nSPS) is 9.41. The fraction of sp³-hybridized carbons (Fsp3) is 0.214. The quantitative estimate of drug-likeness (QED) is 0.412. The Bertz CT molecular complexity index is 379. The van der Waals surface area contributed by atoms with Crippen LogP contribution in [0.2, 0.25) is 0 Å². The molecule has 0 aliphatic rings. The summed E-state index contributed by atoms with van der Waals surface area (Å²) in [4.78, 5) is 10.7. The SMILES string of the molecule is C=CC(=O)OCCCOc1ccc(C=C)cc1. The Balaban J connectivity index is 2.19. The summed E-state index contributed by atoms with van der Waals surface area (Å²) in [5.41, 5.74) is 1.05. The molecule has 3 heteroatoms. The van der Waals surface area contributed by atoms with E-state index in [2.05, 4.69) is 13.2 Å². The highest BCUT2D eigenvalue weighted by molar-refractivity contribution is 5.81. The van der Waals surface area contributed by atoms with Crippen LogP contribution in [0.5, 0.6) is 5.75 Å². The minimum Gasteiger partial charge on any atom is -0.493 e. The Hall–Kier alpha value is -2.03. The van der Waals surface area contributed by atoms with Crippen molar-refractivity contribution in [3.8, 4) is 5.75 Å². The van der Waals surface area contributed by atoms with Crippen molar-refractivity contribution in [2.24, 2.45) is 0 Å². The number of carbonyl (C=O) groups is 1. The zero-order chi connectivity index (χ0) is 12.5. The second-order valence-corrected chi connectivity index (χ2v) is 3.35. The molecule has 0 unspecified atom stereocenters. The average Bonchev–Trinajstić information content (AvgIpc) is 2.38. The van der Waals surface area contributed by atoms with Gasteiger partial charge >= 0.3 is 5.97 Å². The van der Waals surface area contributed by atoms with Crippen molar-refractivity contribution in [1.29, 1.82) is 0 Å². The monoisotopic (exact) mass is 232 g/mol. The summed E-state index contributed by atoms with van der Waals surface area (Å²) in [7, 11) is 0. The van der Waals surface area contributed by atoms with Crippen LogP contribution in [0, 0.1) is 0 Å². The Morgan fingerprint density at radius 2 is 1.88 bits per heavy atom. The molecule has 1 aromatic rings. The minimum absolute atomic E-state index is 0.343. The molecule has 0 amide bonds. The van der Waals surface area contributed by atoms with E-state index in [4.69, 9.17) is 9.47 Å².